The molecule has 8 heteroatoms. The maximum Gasteiger partial charge on any atom is 0.573 e. The van der Waals surface area contributed by atoms with E-state index in [1.54, 1.807) is 0 Å². The molecule has 1 heterocycles. The van der Waals surface area contributed by atoms with Gasteiger partial charge in [0.1, 0.15) is 0 Å². The van der Waals surface area contributed by atoms with Crippen molar-refractivity contribution in [1.82, 2.24) is 0 Å². The monoisotopic (exact) mass is 396 g/mol. The third-order valence-electron chi connectivity index (χ3n) is 4.45. The van der Waals surface area contributed by atoms with Crippen LogP contribution >= 0.6 is 0 Å². The Morgan fingerprint density at radius 1 is 1.00 bits per heavy atom. The van der Waals surface area contributed by atoms with E-state index in [-0.39, 0.29) is 12.0 Å². The van der Waals surface area contributed by atoms with Crippen molar-refractivity contribution >= 4 is 0 Å². The van der Waals surface area contributed by atoms with Crippen LogP contribution in [0.4, 0.5) is 22.0 Å². The molecule has 0 atom stereocenters. The Kier molecular flexibility index (Phi) is 8.28. The summed E-state index contributed by atoms with van der Waals surface area (Å²) in [6.07, 6.45) is 0.731. The number of ether oxygens (including phenoxy) is 3. The zero-order valence-corrected chi connectivity index (χ0v) is 15.3. The van der Waals surface area contributed by atoms with Gasteiger partial charge in [-0.1, -0.05) is 32.6 Å². The predicted molar refractivity (Wildman–Crippen MR) is 89.3 cm³/mol. The van der Waals surface area contributed by atoms with Gasteiger partial charge in [-0.2, -0.15) is 0 Å². The largest absolute Gasteiger partial charge is 0.573 e. The molecule has 0 aromatic heterocycles. The summed E-state index contributed by atoms with van der Waals surface area (Å²) in [5.74, 6) is -3.87. The van der Waals surface area contributed by atoms with Gasteiger partial charge in [-0.05, 0) is 30.5 Å². The van der Waals surface area contributed by atoms with Crippen molar-refractivity contribution in [3.8, 4) is 5.75 Å². The lowest BCUT2D eigenvalue weighted by Gasteiger charge is -2.29. The smallest absolute Gasteiger partial charge is 0.399 e. The van der Waals surface area contributed by atoms with Crippen LogP contribution < -0.4 is 4.74 Å². The fourth-order valence-corrected chi connectivity index (χ4v) is 3.03. The lowest BCUT2D eigenvalue weighted by Crippen LogP contribution is -2.32. The van der Waals surface area contributed by atoms with E-state index in [0.717, 1.165) is 25.0 Å². The van der Waals surface area contributed by atoms with Crippen LogP contribution in [0.3, 0.4) is 0 Å². The van der Waals surface area contributed by atoms with Gasteiger partial charge in [0, 0.05) is 12.3 Å². The number of rotatable bonds is 9. The zero-order valence-electron chi connectivity index (χ0n) is 15.3. The van der Waals surface area contributed by atoms with Gasteiger partial charge in [0.05, 0.1) is 13.2 Å². The summed E-state index contributed by atoms with van der Waals surface area (Å²) in [5.41, 5.74) is 0.216. The summed E-state index contributed by atoms with van der Waals surface area (Å²) < 4.78 is 78.5. The van der Waals surface area contributed by atoms with Crippen molar-refractivity contribution < 1.29 is 36.2 Å². The van der Waals surface area contributed by atoms with Crippen molar-refractivity contribution in [2.24, 2.45) is 5.92 Å². The van der Waals surface area contributed by atoms with Crippen molar-refractivity contribution in [1.29, 1.82) is 0 Å². The van der Waals surface area contributed by atoms with E-state index >= 15 is 0 Å². The molecule has 1 aromatic rings. The molecule has 3 nitrogen and oxygen atoms in total. The van der Waals surface area contributed by atoms with Crippen molar-refractivity contribution in [2.75, 3.05) is 13.2 Å². The number of hydrogen-bond acceptors (Lipinski definition) is 3. The fourth-order valence-electron chi connectivity index (χ4n) is 3.03. The molecule has 0 aliphatic carbocycles. The van der Waals surface area contributed by atoms with E-state index in [4.69, 9.17) is 9.47 Å². The average molecular weight is 396 g/mol. The molecule has 1 aliphatic heterocycles. The van der Waals surface area contributed by atoms with Crippen LogP contribution in [0.2, 0.25) is 0 Å². The van der Waals surface area contributed by atoms with Gasteiger partial charge in [0.15, 0.2) is 17.9 Å². The molecule has 0 saturated carbocycles. The molecule has 1 aromatic carbocycles. The highest BCUT2D eigenvalue weighted by atomic mass is 19.4. The Labute approximate surface area is 155 Å². The molecule has 0 spiro atoms. The van der Waals surface area contributed by atoms with Gasteiger partial charge in [0.2, 0.25) is 5.75 Å². The topological polar surface area (TPSA) is 27.7 Å². The highest BCUT2D eigenvalue weighted by Crippen LogP contribution is 2.30. The minimum Gasteiger partial charge on any atom is -0.399 e. The van der Waals surface area contributed by atoms with Gasteiger partial charge in [0.25, 0.3) is 0 Å². The van der Waals surface area contributed by atoms with Crippen LogP contribution in [0, 0.1) is 17.6 Å². The molecule has 154 valence electrons. The molecule has 1 fully saturated rings. The van der Waals surface area contributed by atoms with E-state index < -0.39 is 30.0 Å². The molecule has 0 bridgehead atoms. The third-order valence-corrected chi connectivity index (χ3v) is 4.45. The van der Waals surface area contributed by atoms with Crippen molar-refractivity contribution in [3.05, 3.63) is 29.3 Å². The lowest BCUT2D eigenvalue weighted by molar-refractivity contribution is -0.276. The Morgan fingerprint density at radius 3 is 2.19 bits per heavy atom. The number of halogens is 5. The molecule has 2 rings (SSSR count). The third kappa shape index (κ3) is 7.62. The predicted octanol–water partition coefficient (Wildman–Crippen LogP) is 5.76. The SMILES string of the molecule is CCCCCCC1COC(CCc2cc(F)c(OC(F)(F)F)c(F)c2)OC1. The number of unbranched alkanes of at least 4 members (excludes halogenated alkanes) is 3. The lowest BCUT2D eigenvalue weighted by atomic mass is 10.0. The normalized spacial score (nSPS) is 20.7. The van der Waals surface area contributed by atoms with Crippen LogP contribution in [-0.2, 0) is 15.9 Å². The standard InChI is InChI=1S/C19H25F5O3/c1-2-3-4-5-6-14-11-25-17(26-12-14)8-7-13-9-15(20)18(16(21)10-13)27-19(22,23)24/h9-10,14,17H,2-8,11-12H2,1H3. The second-order valence-corrected chi connectivity index (χ2v) is 6.79. The first-order chi connectivity index (χ1) is 12.8. The maximum atomic E-state index is 13.7. The van der Waals surface area contributed by atoms with Gasteiger partial charge < -0.3 is 14.2 Å². The Morgan fingerprint density at radius 2 is 1.63 bits per heavy atom. The Balaban J connectivity index is 1.77. The number of benzene rings is 1. The molecule has 27 heavy (non-hydrogen) atoms. The van der Waals surface area contributed by atoms with E-state index in [9.17, 15) is 22.0 Å². The fraction of sp³-hybridized carbons (Fsp3) is 0.684. The summed E-state index contributed by atoms with van der Waals surface area (Å²) in [7, 11) is 0. The maximum absolute atomic E-state index is 13.7. The quantitative estimate of drug-likeness (QED) is 0.393. The summed E-state index contributed by atoms with van der Waals surface area (Å²) in [4.78, 5) is 0. The zero-order chi connectivity index (χ0) is 19.9. The molecule has 0 amide bonds. The van der Waals surface area contributed by atoms with Gasteiger partial charge in [-0.25, -0.2) is 8.78 Å². The minimum absolute atomic E-state index is 0.214. The highest BCUT2D eigenvalue weighted by molar-refractivity contribution is 5.31. The molecule has 0 unspecified atom stereocenters. The summed E-state index contributed by atoms with van der Waals surface area (Å²) in [6.45, 7) is 3.32. The van der Waals surface area contributed by atoms with E-state index in [1.165, 1.54) is 19.3 Å². The molecule has 0 radical (unpaired) electrons. The minimum atomic E-state index is -5.15. The van der Waals surface area contributed by atoms with Crippen LogP contribution in [0.25, 0.3) is 0 Å². The summed E-state index contributed by atoms with van der Waals surface area (Å²) >= 11 is 0. The van der Waals surface area contributed by atoms with Crippen LogP contribution in [0.15, 0.2) is 12.1 Å². The van der Waals surface area contributed by atoms with Crippen molar-refractivity contribution in [2.45, 2.75) is 64.5 Å². The number of aryl methyl sites for hydroxylation is 1. The molecule has 1 saturated heterocycles. The van der Waals surface area contributed by atoms with Gasteiger partial charge in [-0.3, -0.25) is 0 Å². The van der Waals surface area contributed by atoms with Gasteiger partial charge >= 0.3 is 6.36 Å². The first-order valence-electron chi connectivity index (χ1n) is 9.25. The van der Waals surface area contributed by atoms with Crippen molar-refractivity contribution in [3.63, 3.8) is 0 Å². The van der Waals surface area contributed by atoms with Crippen LogP contribution in [0.1, 0.15) is 51.0 Å². The van der Waals surface area contributed by atoms with Crippen LogP contribution in [-0.4, -0.2) is 25.9 Å². The van der Waals surface area contributed by atoms with E-state index in [1.807, 2.05) is 0 Å². The van der Waals surface area contributed by atoms with E-state index in [0.29, 0.717) is 25.6 Å². The number of alkyl halides is 3. The van der Waals surface area contributed by atoms with Crippen LogP contribution in [0.5, 0.6) is 5.75 Å². The molecular weight excluding hydrogens is 371 g/mol. The highest BCUT2D eigenvalue weighted by Gasteiger charge is 2.34. The second-order valence-electron chi connectivity index (χ2n) is 6.79. The first-order valence-corrected chi connectivity index (χ1v) is 9.25. The molecule has 1 aliphatic rings. The molecular formula is C19H25F5O3. The first kappa shape index (κ1) is 21.9. The Bertz CT molecular complexity index is 560. The molecule has 0 N–H and O–H groups in total. The summed E-state index contributed by atoms with van der Waals surface area (Å²) in [6, 6.07) is 1.67. The summed E-state index contributed by atoms with van der Waals surface area (Å²) in [5, 5.41) is 0. The second kappa shape index (κ2) is 10.2. The van der Waals surface area contributed by atoms with E-state index in [2.05, 4.69) is 11.7 Å². The Hall–Kier alpha value is -1.41. The average Bonchev–Trinajstić information content (AvgIpc) is 2.60. The van der Waals surface area contributed by atoms with Gasteiger partial charge in [-0.15, -0.1) is 13.2 Å². The number of hydrogen-bond donors (Lipinski definition) is 0.